The monoisotopic (exact) mass is 346 g/mol. The van der Waals surface area contributed by atoms with Gasteiger partial charge in [0.15, 0.2) is 0 Å². The number of hydrogen-bond donors (Lipinski definition) is 1. The number of halogens is 1. The van der Waals surface area contributed by atoms with Gasteiger partial charge in [-0.1, -0.05) is 23.7 Å². The molecule has 0 aliphatic carbocycles. The lowest BCUT2D eigenvalue weighted by Crippen LogP contribution is -2.40. The van der Waals surface area contributed by atoms with Gasteiger partial charge in [0.2, 0.25) is 5.88 Å². The van der Waals surface area contributed by atoms with Crippen LogP contribution in [0.1, 0.15) is 24.3 Å². The highest BCUT2D eigenvalue weighted by Gasteiger charge is 2.24. The molecule has 3 rings (SSSR count). The fourth-order valence-corrected chi connectivity index (χ4v) is 2.98. The van der Waals surface area contributed by atoms with Crippen molar-refractivity contribution < 1.29 is 9.53 Å². The Bertz CT molecular complexity index is 700. The number of urea groups is 1. The van der Waals surface area contributed by atoms with E-state index >= 15 is 0 Å². The number of rotatable bonds is 3. The van der Waals surface area contributed by atoms with Crippen molar-refractivity contribution in [3.8, 4) is 5.88 Å². The molecule has 1 N–H and O–H groups in total. The van der Waals surface area contributed by atoms with Crippen molar-refractivity contribution in [3.63, 3.8) is 0 Å². The number of carbonyl (C=O) groups excluding carboxylic acids is 1. The van der Waals surface area contributed by atoms with Crippen LogP contribution in [-0.2, 0) is 0 Å². The van der Waals surface area contributed by atoms with Crippen molar-refractivity contribution >= 4 is 23.4 Å². The Balaban J connectivity index is 1.55. The van der Waals surface area contributed by atoms with Crippen LogP contribution in [0.15, 0.2) is 36.7 Å². The predicted molar refractivity (Wildman–Crippen MR) is 92.6 cm³/mol. The number of aromatic nitrogens is 2. The van der Waals surface area contributed by atoms with Gasteiger partial charge in [0.25, 0.3) is 0 Å². The number of likely N-dealkylation sites (tertiary alicyclic amines) is 1. The zero-order chi connectivity index (χ0) is 16.9. The SMILES string of the molecule is COc1cc(NC(=O)N2CCC(c3ccc(Cl)cc3)CC2)ncn1. The second kappa shape index (κ2) is 7.49. The average molecular weight is 347 g/mol. The van der Waals surface area contributed by atoms with E-state index in [9.17, 15) is 4.79 Å². The predicted octanol–water partition coefficient (Wildman–Crippen LogP) is 3.55. The Morgan fingerprint density at radius 2 is 1.96 bits per heavy atom. The first-order chi connectivity index (χ1) is 11.7. The summed E-state index contributed by atoms with van der Waals surface area (Å²) in [5.74, 6) is 1.32. The number of amides is 2. The molecule has 1 aromatic heterocycles. The third kappa shape index (κ3) is 3.94. The van der Waals surface area contributed by atoms with E-state index in [0.29, 0.717) is 30.7 Å². The summed E-state index contributed by atoms with van der Waals surface area (Å²) in [6, 6.07) is 9.41. The van der Waals surface area contributed by atoms with Crippen LogP contribution >= 0.6 is 11.6 Å². The lowest BCUT2D eigenvalue weighted by atomic mass is 9.90. The molecule has 2 aromatic rings. The molecule has 1 aliphatic rings. The van der Waals surface area contributed by atoms with Crippen LogP contribution in [0.3, 0.4) is 0 Å². The average Bonchev–Trinajstić information content (AvgIpc) is 2.62. The van der Waals surface area contributed by atoms with Crippen LogP contribution in [0.5, 0.6) is 5.88 Å². The van der Waals surface area contributed by atoms with E-state index in [2.05, 4.69) is 27.4 Å². The Kier molecular flexibility index (Phi) is 5.15. The summed E-state index contributed by atoms with van der Waals surface area (Å²) in [6.07, 6.45) is 3.23. The summed E-state index contributed by atoms with van der Waals surface area (Å²) in [7, 11) is 1.52. The van der Waals surface area contributed by atoms with E-state index in [1.54, 1.807) is 11.0 Å². The quantitative estimate of drug-likeness (QED) is 0.922. The maximum Gasteiger partial charge on any atom is 0.323 e. The lowest BCUT2D eigenvalue weighted by molar-refractivity contribution is 0.194. The number of ether oxygens (including phenoxy) is 1. The zero-order valence-corrected chi connectivity index (χ0v) is 14.2. The van der Waals surface area contributed by atoms with Crippen molar-refractivity contribution in [2.45, 2.75) is 18.8 Å². The summed E-state index contributed by atoms with van der Waals surface area (Å²) in [5, 5.41) is 3.53. The highest BCUT2D eigenvalue weighted by molar-refractivity contribution is 6.30. The van der Waals surface area contributed by atoms with E-state index < -0.39 is 0 Å². The first-order valence-electron chi connectivity index (χ1n) is 7.83. The lowest BCUT2D eigenvalue weighted by Gasteiger charge is -2.32. The van der Waals surface area contributed by atoms with E-state index in [1.807, 2.05) is 12.1 Å². The van der Waals surface area contributed by atoms with Crippen LogP contribution in [0.2, 0.25) is 5.02 Å². The maximum atomic E-state index is 12.4. The molecule has 0 atom stereocenters. The molecule has 1 fully saturated rings. The molecular weight excluding hydrogens is 328 g/mol. The number of nitrogens with one attached hydrogen (secondary N) is 1. The number of hydrogen-bond acceptors (Lipinski definition) is 4. The number of anilines is 1. The van der Waals surface area contributed by atoms with Gasteiger partial charge in [0.1, 0.15) is 12.1 Å². The minimum atomic E-state index is -0.148. The van der Waals surface area contributed by atoms with Gasteiger partial charge in [-0.2, -0.15) is 0 Å². The molecule has 0 radical (unpaired) electrons. The second-order valence-corrected chi connectivity index (χ2v) is 6.13. The van der Waals surface area contributed by atoms with E-state index in [1.165, 1.54) is 19.0 Å². The number of benzene rings is 1. The Morgan fingerprint density at radius 1 is 1.25 bits per heavy atom. The summed E-state index contributed by atoms with van der Waals surface area (Å²) in [4.78, 5) is 22.1. The van der Waals surface area contributed by atoms with Gasteiger partial charge in [-0.3, -0.25) is 5.32 Å². The van der Waals surface area contributed by atoms with Crippen molar-refractivity contribution in [2.24, 2.45) is 0 Å². The highest BCUT2D eigenvalue weighted by atomic mass is 35.5. The molecule has 126 valence electrons. The van der Waals surface area contributed by atoms with Crippen LogP contribution < -0.4 is 10.1 Å². The van der Waals surface area contributed by atoms with Gasteiger partial charge in [-0.15, -0.1) is 0 Å². The largest absolute Gasteiger partial charge is 0.481 e. The van der Waals surface area contributed by atoms with E-state index in [4.69, 9.17) is 16.3 Å². The van der Waals surface area contributed by atoms with E-state index in [0.717, 1.165) is 17.9 Å². The molecule has 2 amide bonds. The second-order valence-electron chi connectivity index (χ2n) is 5.69. The molecule has 1 aromatic carbocycles. The fourth-order valence-electron chi connectivity index (χ4n) is 2.86. The molecule has 0 unspecified atom stereocenters. The zero-order valence-electron chi connectivity index (χ0n) is 13.4. The molecule has 1 aliphatic heterocycles. The van der Waals surface area contributed by atoms with Crippen LogP contribution in [0.25, 0.3) is 0 Å². The van der Waals surface area contributed by atoms with Gasteiger partial charge in [-0.25, -0.2) is 14.8 Å². The Hall–Kier alpha value is -2.34. The molecule has 2 heterocycles. The summed E-state index contributed by atoms with van der Waals surface area (Å²) in [5.41, 5.74) is 1.28. The van der Waals surface area contributed by atoms with Crippen molar-refractivity contribution in [2.75, 3.05) is 25.5 Å². The van der Waals surface area contributed by atoms with Gasteiger partial charge in [0.05, 0.1) is 7.11 Å². The maximum absolute atomic E-state index is 12.4. The van der Waals surface area contributed by atoms with Crippen LogP contribution in [0, 0.1) is 0 Å². The van der Waals surface area contributed by atoms with Gasteiger partial charge in [0, 0.05) is 24.2 Å². The van der Waals surface area contributed by atoms with Gasteiger partial charge < -0.3 is 9.64 Å². The minimum Gasteiger partial charge on any atom is -0.481 e. The molecule has 24 heavy (non-hydrogen) atoms. The van der Waals surface area contributed by atoms with Gasteiger partial charge >= 0.3 is 6.03 Å². The first-order valence-corrected chi connectivity index (χ1v) is 8.21. The van der Waals surface area contributed by atoms with Crippen LogP contribution in [0.4, 0.5) is 10.6 Å². The molecule has 7 heteroatoms. The van der Waals surface area contributed by atoms with Gasteiger partial charge in [-0.05, 0) is 36.5 Å². The molecule has 0 saturated carbocycles. The topological polar surface area (TPSA) is 67.3 Å². The standard InChI is InChI=1S/C17H19ClN4O2/c1-24-16-10-15(19-11-20-16)21-17(23)22-8-6-13(7-9-22)12-2-4-14(18)5-3-12/h2-5,10-11,13H,6-9H2,1H3,(H,19,20,21,23). The smallest absolute Gasteiger partial charge is 0.323 e. The van der Waals surface area contributed by atoms with Crippen molar-refractivity contribution in [1.29, 1.82) is 0 Å². The minimum absolute atomic E-state index is 0.148. The molecule has 1 saturated heterocycles. The van der Waals surface area contributed by atoms with Crippen LogP contribution in [-0.4, -0.2) is 41.1 Å². The highest BCUT2D eigenvalue weighted by Crippen LogP contribution is 2.29. The van der Waals surface area contributed by atoms with Crippen molar-refractivity contribution in [1.82, 2.24) is 14.9 Å². The summed E-state index contributed by atoms with van der Waals surface area (Å²) >= 11 is 5.93. The fraction of sp³-hybridized carbons (Fsp3) is 0.353. The Labute approximate surface area is 145 Å². The number of methoxy groups -OCH3 is 1. The molecule has 0 bridgehead atoms. The number of nitrogens with zero attached hydrogens (tertiary/aromatic N) is 3. The number of piperidine rings is 1. The molecular formula is C17H19ClN4O2. The Morgan fingerprint density at radius 3 is 2.62 bits per heavy atom. The summed E-state index contributed by atoms with van der Waals surface area (Å²) in [6.45, 7) is 1.42. The normalized spacial score (nSPS) is 15.2. The third-order valence-electron chi connectivity index (χ3n) is 4.21. The molecule has 0 spiro atoms. The van der Waals surface area contributed by atoms with E-state index in [-0.39, 0.29) is 6.03 Å². The first kappa shape index (κ1) is 16.5. The molecule has 6 nitrogen and oxygen atoms in total. The summed E-state index contributed by atoms with van der Waals surface area (Å²) < 4.78 is 5.03. The number of carbonyl (C=O) groups is 1. The van der Waals surface area contributed by atoms with Crippen molar-refractivity contribution in [3.05, 3.63) is 47.2 Å². The third-order valence-corrected chi connectivity index (χ3v) is 4.46.